The summed E-state index contributed by atoms with van der Waals surface area (Å²) in [6, 6.07) is 18.4. The summed E-state index contributed by atoms with van der Waals surface area (Å²) in [6.07, 6.45) is -5.47. The Bertz CT molecular complexity index is 1190. The second-order valence-electron chi connectivity index (χ2n) is 11.1. The van der Waals surface area contributed by atoms with Crippen LogP contribution < -0.4 is 0 Å². The summed E-state index contributed by atoms with van der Waals surface area (Å²) in [4.78, 5) is 32.9. The van der Waals surface area contributed by atoms with Gasteiger partial charge in [-0.15, -0.1) is 0 Å². The van der Waals surface area contributed by atoms with Crippen molar-refractivity contribution < 1.29 is 60.0 Å². The van der Waals surface area contributed by atoms with Gasteiger partial charge in [-0.2, -0.15) is 0 Å². The summed E-state index contributed by atoms with van der Waals surface area (Å²) in [5.41, 5.74) is 1.59. The van der Waals surface area contributed by atoms with Crippen LogP contribution in [0, 0.1) is 11.8 Å². The number of carbonyl (C=O) groups excluding carboxylic acids is 3. The Hall–Kier alpha value is -3.17. The van der Waals surface area contributed by atoms with Gasteiger partial charge in [-0.3, -0.25) is 9.59 Å². The lowest BCUT2D eigenvalue weighted by Crippen LogP contribution is -2.58. The molecule has 2 aliphatic rings. The largest absolute Gasteiger partial charge is 0.396 e. The molecule has 4 rings (SSSR count). The second kappa shape index (κ2) is 19.4. The molecule has 45 heavy (non-hydrogen) atoms. The number of ketones is 2. The maximum Gasteiger partial charge on any atom is 0.158 e. The van der Waals surface area contributed by atoms with E-state index in [1.807, 2.05) is 48.5 Å². The minimum Gasteiger partial charge on any atom is -0.396 e. The van der Waals surface area contributed by atoms with Crippen molar-refractivity contribution in [3.05, 3.63) is 77.9 Å². The topological polar surface area (TPSA) is 222 Å². The molecule has 1 saturated carbocycles. The Morgan fingerprint density at radius 3 is 1.69 bits per heavy atom. The first kappa shape index (κ1) is 38.0. The van der Waals surface area contributed by atoms with Crippen LogP contribution in [0.15, 0.2) is 66.7 Å². The van der Waals surface area contributed by atoms with Gasteiger partial charge in [-0.05, 0) is 30.9 Å². The number of aliphatic hydroxyl groups excluding tert-OH is 8. The number of benzene rings is 2. The first-order chi connectivity index (χ1) is 21.4. The molecular formula is C33H44O12. The summed E-state index contributed by atoms with van der Waals surface area (Å²) in [5.74, 6) is -1.20. The highest BCUT2D eigenvalue weighted by molar-refractivity contribution is 5.93. The Morgan fingerprint density at radius 1 is 0.689 bits per heavy atom. The summed E-state index contributed by atoms with van der Waals surface area (Å²) in [5, 5.41) is 75.9. The fourth-order valence-corrected chi connectivity index (χ4v) is 5.08. The molecule has 12 nitrogen and oxygen atoms in total. The van der Waals surface area contributed by atoms with E-state index in [2.05, 4.69) is 0 Å². The van der Waals surface area contributed by atoms with Crippen LogP contribution in [0.4, 0.5) is 0 Å². The minimum absolute atomic E-state index is 0.0701. The Labute approximate surface area is 261 Å². The molecule has 12 heteroatoms. The van der Waals surface area contributed by atoms with Gasteiger partial charge >= 0.3 is 0 Å². The number of hydrogen-bond donors (Lipinski definition) is 8. The van der Waals surface area contributed by atoms with Crippen LogP contribution in [0.3, 0.4) is 0 Å². The molecule has 0 bridgehead atoms. The van der Waals surface area contributed by atoms with Crippen LogP contribution in [0.2, 0.25) is 0 Å². The molecule has 2 aromatic rings. The van der Waals surface area contributed by atoms with E-state index < -0.39 is 61.4 Å². The number of rotatable bonds is 9. The average molecular weight is 633 g/mol. The third-order valence-corrected chi connectivity index (χ3v) is 7.65. The fraction of sp³-hybridized carbons (Fsp3) is 0.485. The smallest absolute Gasteiger partial charge is 0.158 e. The van der Waals surface area contributed by atoms with Crippen molar-refractivity contribution in [3.63, 3.8) is 0 Å². The zero-order valence-electron chi connectivity index (χ0n) is 25.0. The SMILES string of the molecule is CC(=O)C[C@@H]1C[C@H](CO)[C@@H](O)[C@H](O)[C@H]1O.O=C(/C=C/c1ccccc1)C[C@@H]1O[C@H](CO)[C@@H](O)[C@H](O)[C@H]1O.O=Cc1ccccc1. The lowest BCUT2D eigenvalue weighted by atomic mass is 9.74. The van der Waals surface area contributed by atoms with E-state index in [-0.39, 0.29) is 36.9 Å². The minimum atomic E-state index is -1.46. The van der Waals surface area contributed by atoms with E-state index in [1.165, 1.54) is 13.0 Å². The van der Waals surface area contributed by atoms with E-state index in [1.54, 1.807) is 18.2 Å². The van der Waals surface area contributed by atoms with Gasteiger partial charge in [-0.1, -0.05) is 66.7 Å². The van der Waals surface area contributed by atoms with Gasteiger partial charge in [0.05, 0.1) is 24.9 Å². The standard InChI is InChI=1S/C16H20O6.C10H18O5.C7H6O/c17-9-13-15(20)16(21)14(19)12(22-13)8-11(18)7-6-10-4-2-1-3-5-10;1-5(12)2-6-3-7(4-11)9(14)10(15)8(6)13;8-6-7-4-2-1-3-5-7/h1-7,12-17,19-21H,8-9H2;6-11,13-15H,2-4H2,1H3;1-6H/b7-6+;;/t12-,13+,14-,15+,16+;6-,7-,8+,9-,10-;/m01./s1. The molecule has 1 aliphatic carbocycles. The van der Waals surface area contributed by atoms with Crippen molar-refractivity contribution in [2.24, 2.45) is 11.8 Å². The van der Waals surface area contributed by atoms with E-state index in [0.717, 1.165) is 17.4 Å². The highest BCUT2D eigenvalue weighted by Gasteiger charge is 2.44. The molecular weight excluding hydrogens is 588 g/mol. The quantitative estimate of drug-likeness (QED) is 0.132. The fourth-order valence-electron chi connectivity index (χ4n) is 5.08. The molecule has 8 N–H and O–H groups in total. The highest BCUT2D eigenvalue weighted by Crippen LogP contribution is 2.32. The molecule has 1 aliphatic heterocycles. The lowest BCUT2D eigenvalue weighted by Gasteiger charge is -2.39. The van der Waals surface area contributed by atoms with Gasteiger partial charge in [0.1, 0.15) is 42.6 Å². The van der Waals surface area contributed by atoms with Crippen molar-refractivity contribution in [1.29, 1.82) is 0 Å². The predicted octanol–water partition coefficient (Wildman–Crippen LogP) is -0.323. The van der Waals surface area contributed by atoms with Gasteiger partial charge in [0.25, 0.3) is 0 Å². The molecule has 10 atom stereocenters. The van der Waals surface area contributed by atoms with Gasteiger partial charge in [0, 0.05) is 30.9 Å². The van der Waals surface area contributed by atoms with Crippen LogP contribution in [0.25, 0.3) is 6.08 Å². The van der Waals surface area contributed by atoms with Gasteiger partial charge < -0.3 is 50.4 Å². The van der Waals surface area contributed by atoms with Crippen molar-refractivity contribution in [2.45, 2.75) is 75.0 Å². The maximum absolute atomic E-state index is 11.9. The lowest BCUT2D eigenvalue weighted by molar-refractivity contribution is -0.229. The molecule has 1 saturated heterocycles. The van der Waals surface area contributed by atoms with E-state index in [9.17, 15) is 45.0 Å². The van der Waals surface area contributed by atoms with Crippen LogP contribution in [-0.2, 0) is 14.3 Å². The number of aldehydes is 1. The van der Waals surface area contributed by atoms with Crippen molar-refractivity contribution >= 4 is 23.9 Å². The summed E-state index contributed by atoms with van der Waals surface area (Å²) >= 11 is 0. The van der Waals surface area contributed by atoms with Gasteiger partial charge in [-0.25, -0.2) is 0 Å². The number of aliphatic hydroxyl groups is 8. The maximum atomic E-state index is 11.9. The molecule has 0 unspecified atom stereocenters. The molecule has 0 radical (unpaired) electrons. The van der Waals surface area contributed by atoms with Gasteiger partial charge in [0.2, 0.25) is 0 Å². The predicted molar refractivity (Wildman–Crippen MR) is 163 cm³/mol. The first-order valence-electron chi connectivity index (χ1n) is 14.6. The van der Waals surface area contributed by atoms with Crippen molar-refractivity contribution in [3.8, 4) is 0 Å². The Morgan fingerprint density at radius 2 is 1.20 bits per heavy atom. The van der Waals surface area contributed by atoms with Crippen LogP contribution in [0.5, 0.6) is 0 Å². The highest BCUT2D eigenvalue weighted by atomic mass is 16.5. The zero-order valence-corrected chi connectivity index (χ0v) is 25.0. The van der Waals surface area contributed by atoms with Crippen LogP contribution in [0.1, 0.15) is 42.1 Å². The summed E-state index contributed by atoms with van der Waals surface area (Å²) < 4.78 is 5.29. The Kier molecular flexibility index (Phi) is 16.4. The molecule has 248 valence electrons. The van der Waals surface area contributed by atoms with Crippen molar-refractivity contribution in [1.82, 2.24) is 0 Å². The van der Waals surface area contributed by atoms with E-state index in [4.69, 9.17) is 14.9 Å². The number of carbonyl (C=O) groups is 3. The molecule has 0 spiro atoms. The monoisotopic (exact) mass is 632 g/mol. The normalized spacial score (nSPS) is 31.1. The van der Waals surface area contributed by atoms with E-state index >= 15 is 0 Å². The average Bonchev–Trinajstić information content (AvgIpc) is 3.05. The third-order valence-electron chi connectivity index (χ3n) is 7.65. The van der Waals surface area contributed by atoms with Crippen LogP contribution >= 0.6 is 0 Å². The summed E-state index contributed by atoms with van der Waals surface area (Å²) in [6.45, 7) is 0.660. The molecule has 2 fully saturated rings. The van der Waals surface area contributed by atoms with Gasteiger partial charge in [0.15, 0.2) is 5.78 Å². The number of hydrogen-bond acceptors (Lipinski definition) is 12. The van der Waals surface area contributed by atoms with Crippen LogP contribution in [-0.4, -0.2) is 121 Å². The zero-order chi connectivity index (χ0) is 33.5. The molecule has 1 heterocycles. The number of allylic oxidation sites excluding steroid dienone is 1. The second-order valence-corrected chi connectivity index (χ2v) is 11.1. The third kappa shape index (κ3) is 11.9. The molecule has 0 aromatic heterocycles. The number of ether oxygens (including phenoxy) is 1. The van der Waals surface area contributed by atoms with E-state index in [0.29, 0.717) is 6.42 Å². The number of Topliss-reactive ketones (excluding diaryl/α,β-unsaturated/α-hetero) is 1. The molecule has 0 amide bonds. The van der Waals surface area contributed by atoms with Crippen molar-refractivity contribution in [2.75, 3.05) is 13.2 Å². The summed E-state index contributed by atoms with van der Waals surface area (Å²) in [7, 11) is 0. The first-order valence-corrected chi connectivity index (χ1v) is 14.6. The Balaban J connectivity index is 0.000000263. The molecule has 2 aromatic carbocycles.